The molecule has 3 aliphatic rings. The van der Waals surface area contributed by atoms with Gasteiger partial charge in [0.25, 0.3) is 0 Å². The monoisotopic (exact) mass is 1340 g/mol. The average molecular weight is 1340 g/mol. The van der Waals surface area contributed by atoms with E-state index < -0.39 is 91.1 Å². The molecule has 9 aromatic rings. The van der Waals surface area contributed by atoms with Gasteiger partial charge in [-0.25, -0.2) is 0 Å². The van der Waals surface area contributed by atoms with Crippen LogP contribution < -0.4 is 0 Å². The summed E-state index contributed by atoms with van der Waals surface area (Å²) in [4.78, 5) is 0. The van der Waals surface area contributed by atoms with Crippen molar-refractivity contribution in [3.63, 3.8) is 0 Å². The first-order valence-corrected chi connectivity index (χ1v) is 35.3. The first-order chi connectivity index (χ1) is 48.5. The fraction of sp³-hybridized carbons (Fsp3) is 0.349. The van der Waals surface area contributed by atoms with E-state index in [2.05, 4.69) is 91.9 Å². The van der Waals surface area contributed by atoms with Crippen molar-refractivity contribution in [2.24, 2.45) is 5.92 Å². The first kappa shape index (κ1) is 70.6. The van der Waals surface area contributed by atoms with Crippen molar-refractivity contribution in [1.82, 2.24) is 0 Å². The Morgan fingerprint density at radius 2 is 0.510 bits per heavy atom. The fourth-order valence-electron chi connectivity index (χ4n) is 12.7. The molecule has 0 aromatic heterocycles. The van der Waals surface area contributed by atoms with Gasteiger partial charge in [0, 0.05) is 5.92 Å². The minimum Gasteiger partial charge on any atom is -0.374 e. The zero-order valence-electron chi connectivity index (χ0n) is 55.8. The molecule has 0 bridgehead atoms. The summed E-state index contributed by atoms with van der Waals surface area (Å²) < 4.78 is 100. The van der Waals surface area contributed by atoms with Gasteiger partial charge < -0.3 is 66.3 Å². The summed E-state index contributed by atoms with van der Waals surface area (Å²) in [5.74, 6) is -0.391. The highest BCUT2D eigenvalue weighted by Gasteiger charge is 2.55. The second-order valence-corrected chi connectivity index (χ2v) is 25.9. The van der Waals surface area contributed by atoms with Crippen molar-refractivity contribution >= 4 is 11.8 Å². The Labute approximate surface area is 581 Å². The van der Waals surface area contributed by atoms with Crippen molar-refractivity contribution in [3.05, 3.63) is 323 Å². The summed E-state index contributed by atoms with van der Waals surface area (Å²) in [6.45, 7) is 4.96. The number of benzene rings is 9. The highest BCUT2D eigenvalue weighted by molar-refractivity contribution is 7.99. The molecule has 15 heteroatoms. The van der Waals surface area contributed by atoms with Crippen LogP contribution in [-0.2, 0) is 126 Å². The van der Waals surface area contributed by atoms with Crippen LogP contribution in [0.25, 0.3) is 0 Å². The molecule has 9 aromatic carbocycles. The number of hydrogen-bond acceptors (Lipinski definition) is 15. The molecule has 512 valence electrons. The van der Waals surface area contributed by atoms with Crippen LogP contribution in [0.1, 0.15) is 57.0 Å². The minimum absolute atomic E-state index is 0.0475. The second-order valence-electron chi connectivity index (χ2n) is 25.0. The molecule has 98 heavy (non-hydrogen) atoms. The van der Waals surface area contributed by atoms with Gasteiger partial charge in [0.2, 0.25) is 0 Å². The third-order valence-electron chi connectivity index (χ3n) is 17.9. The van der Waals surface area contributed by atoms with Crippen molar-refractivity contribution < 1.29 is 66.3 Å². The van der Waals surface area contributed by atoms with Crippen LogP contribution >= 0.6 is 11.8 Å². The largest absolute Gasteiger partial charge is 0.374 e. The van der Waals surface area contributed by atoms with Gasteiger partial charge in [-0.3, -0.25) is 0 Å². The Morgan fingerprint density at radius 1 is 0.255 bits per heavy atom. The minimum atomic E-state index is -1.17. The molecule has 0 aliphatic carbocycles. The molecule has 3 fully saturated rings. The smallest absolute Gasteiger partial charge is 0.187 e. The first-order valence-electron chi connectivity index (χ1n) is 34.1. The van der Waals surface area contributed by atoms with E-state index in [4.69, 9.17) is 66.3 Å². The lowest BCUT2D eigenvalue weighted by molar-refractivity contribution is -0.364. The van der Waals surface area contributed by atoms with E-state index in [1.165, 1.54) is 11.8 Å². The van der Waals surface area contributed by atoms with Crippen LogP contribution in [-0.4, -0.2) is 111 Å². The Kier molecular flexibility index (Phi) is 27.3. The van der Waals surface area contributed by atoms with Gasteiger partial charge in [-0.1, -0.05) is 280 Å². The molecule has 0 saturated carbocycles. The summed E-state index contributed by atoms with van der Waals surface area (Å²) in [5.41, 5.74) is 8.31. The van der Waals surface area contributed by atoms with Crippen LogP contribution in [0.2, 0.25) is 0 Å². The molecule has 14 nitrogen and oxygen atoms in total. The summed E-state index contributed by atoms with van der Waals surface area (Å²) in [6, 6.07) is 91.1. The number of hydrogen-bond donors (Lipinski definition) is 0. The Balaban J connectivity index is 0.916. The van der Waals surface area contributed by atoms with E-state index in [1.807, 2.05) is 194 Å². The molecular weight excluding hydrogens is 1250 g/mol. The Morgan fingerprint density at radius 3 is 0.847 bits per heavy atom. The molecule has 3 heterocycles. The topological polar surface area (TPSA) is 129 Å². The van der Waals surface area contributed by atoms with E-state index in [0.29, 0.717) is 26.4 Å². The zero-order valence-corrected chi connectivity index (χ0v) is 56.6. The van der Waals surface area contributed by atoms with Gasteiger partial charge in [-0.15, -0.1) is 11.8 Å². The van der Waals surface area contributed by atoms with E-state index in [-0.39, 0.29) is 52.9 Å². The maximum atomic E-state index is 7.73. The third kappa shape index (κ3) is 20.5. The van der Waals surface area contributed by atoms with Crippen LogP contribution in [0.4, 0.5) is 0 Å². The normalized spacial score (nSPS) is 25.6. The Bertz CT molecular complexity index is 3620. The van der Waals surface area contributed by atoms with E-state index in [0.717, 1.165) is 50.1 Å². The maximum Gasteiger partial charge on any atom is 0.187 e. The van der Waals surface area contributed by atoms with Crippen LogP contribution in [0.15, 0.2) is 273 Å². The van der Waals surface area contributed by atoms with Gasteiger partial charge in [-0.2, -0.15) is 0 Å². The van der Waals surface area contributed by atoms with Crippen molar-refractivity contribution in [2.45, 2.75) is 152 Å². The molecule has 0 spiro atoms. The highest BCUT2D eigenvalue weighted by atomic mass is 32.2. The molecule has 15 atom stereocenters. The number of ether oxygens (including phenoxy) is 14. The molecular formula is C83H90O14S. The summed E-state index contributed by atoms with van der Waals surface area (Å²) >= 11 is 1.52. The SMILES string of the molecule is CS[C@H]1OC(COCc2ccccc2)[C@@H](OCc2ccccc2)[C@H](OCc2ccccc2)C1O[C@H]1OC(CO[C@@H]2OC(COCc3ccccc3)[C@@H](OCc3ccccc3)[C@H](OCc3ccccc3)C2C)[C@@H](OCc2ccccc2)[C@H](OCc2ccccc2)C1OCc1ccccc1. The predicted molar refractivity (Wildman–Crippen MR) is 377 cm³/mol. The van der Waals surface area contributed by atoms with E-state index >= 15 is 0 Å². The summed E-state index contributed by atoms with van der Waals surface area (Å²) in [7, 11) is 0. The lowest BCUT2D eigenvalue weighted by atomic mass is 9.91. The van der Waals surface area contributed by atoms with Crippen molar-refractivity contribution in [1.29, 1.82) is 0 Å². The molecule has 0 amide bonds. The quantitative estimate of drug-likeness (QED) is 0.0373. The van der Waals surface area contributed by atoms with Crippen molar-refractivity contribution in [3.8, 4) is 0 Å². The van der Waals surface area contributed by atoms with Gasteiger partial charge >= 0.3 is 0 Å². The highest BCUT2D eigenvalue weighted by Crippen LogP contribution is 2.40. The van der Waals surface area contributed by atoms with Crippen LogP contribution in [0.3, 0.4) is 0 Å². The van der Waals surface area contributed by atoms with Gasteiger partial charge in [0.05, 0.1) is 85.4 Å². The van der Waals surface area contributed by atoms with Crippen LogP contribution in [0, 0.1) is 5.92 Å². The molecule has 3 saturated heterocycles. The summed E-state index contributed by atoms with van der Waals surface area (Å²) in [5, 5.41) is 0. The standard InChI is InChI=1S/C83H90O14S/c1-60-73(86-50-63-34-16-5-17-35-63)74(87-51-64-36-18-6-19-37-64)70(57-84-48-61-30-12-3-13-31-61)94-81(60)93-59-72-76(89-53-66-40-22-8-23-41-66)77(90-54-67-42-24-9-25-43-67)79(92-56-69-46-28-11-29-47-69)82(95-72)97-80-78(91-55-68-44-26-10-27-45-68)75(88-52-65-38-20-7-21-39-65)71(96-83(80)98-2)58-85-49-62-32-14-4-15-33-62/h3-47,60,70-83H,48-59H2,1-2H3/t60?,70?,71?,72?,73-,74-,75-,76-,77+,78+,79?,80?,81-,82-,83-/m1/s1. The van der Waals surface area contributed by atoms with E-state index in [1.54, 1.807) is 0 Å². The molecule has 12 rings (SSSR count). The molecule has 0 radical (unpaired) electrons. The number of thioether (sulfide) groups is 1. The molecule has 0 N–H and O–H groups in total. The van der Waals surface area contributed by atoms with Gasteiger partial charge in [0.1, 0.15) is 66.5 Å². The second kappa shape index (κ2) is 37.8. The number of rotatable bonds is 35. The van der Waals surface area contributed by atoms with Gasteiger partial charge in [-0.05, 0) is 56.3 Å². The zero-order chi connectivity index (χ0) is 66.8. The maximum absolute atomic E-state index is 7.73. The predicted octanol–water partition coefficient (Wildman–Crippen LogP) is 15.1. The van der Waals surface area contributed by atoms with E-state index in [9.17, 15) is 0 Å². The van der Waals surface area contributed by atoms with Gasteiger partial charge in [0.15, 0.2) is 12.6 Å². The third-order valence-corrected chi connectivity index (χ3v) is 18.7. The lowest BCUT2D eigenvalue weighted by Crippen LogP contribution is -2.66. The van der Waals surface area contributed by atoms with Crippen LogP contribution in [0.5, 0.6) is 0 Å². The fourth-order valence-corrected chi connectivity index (χ4v) is 13.4. The molecule has 3 aliphatic heterocycles. The summed E-state index contributed by atoms with van der Waals surface area (Å²) in [6.07, 6.45) is -8.15. The Hall–Kier alpha value is -7.23. The van der Waals surface area contributed by atoms with Crippen molar-refractivity contribution in [2.75, 3.05) is 26.1 Å². The molecule has 6 unspecified atom stereocenters. The lowest BCUT2D eigenvalue weighted by Gasteiger charge is -2.50. The average Bonchev–Trinajstić information content (AvgIpc) is 0.776.